The third-order valence-corrected chi connectivity index (χ3v) is 2.80. The quantitative estimate of drug-likeness (QED) is 0.678. The van der Waals surface area contributed by atoms with E-state index in [1.54, 1.807) is 0 Å². The van der Waals surface area contributed by atoms with Crippen molar-refractivity contribution >= 4 is 5.57 Å². The molecule has 0 aromatic heterocycles. The van der Waals surface area contributed by atoms with Crippen molar-refractivity contribution < 1.29 is 0 Å². The smallest absolute Gasteiger partial charge is 0.0115 e. The standard InChI is InChI=1S/C17H18/c1-2-3-5-14-17(16-12-8-9-13-16)15-10-6-4-7-11-15/h4-14H,2-3H2,1H3. The van der Waals surface area contributed by atoms with Crippen molar-refractivity contribution in [2.45, 2.75) is 19.8 Å². The van der Waals surface area contributed by atoms with Crippen LogP contribution in [0.4, 0.5) is 0 Å². The number of rotatable bonds is 4. The first kappa shape index (κ1) is 11.7. The number of unbranched alkanes of at least 4 members (excludes halogenated alkanes) is 1. The molecule has 0 atom stereocenters. The number of hydrogen-bond acceptors (Lipinski definition) is 0. The molecule has 1 aromatic rings. The monoisotopic (exact) mass is 222 g/mol. The molecule has 0 N–H and O–H groups in total. The predicted molar refractivity (Wildman–Crippen MR) is 75.7 cm³/mol. The third-order valence-electron chi connectivity index (χ3n) is 2.80. The second-order valence-corrected chi connectivity index (χ2v) is 4.14. The van der Waals surface area contributed by atoms with Crippen LogP contribution in [0.15, 0.2) is 72.4 Å². The first-order valence-corrected chi connectivity index (χ1v) is 6.23. The van der Waals surface area contributed by atoms with Crippen LogP contribution in [0.1, 0.15) is 25.3 Å². The summed E-state index contributed by atoms with van der Waals surface area (Å²) in [5.41, 5.74) is 3.89. The first-order chi connectivity index (χ1) is 8.42. The highest BCUT2D eigenvalue weighted by Gasteiger charge is 2.03. The Morgan fingerprint density at radius 3 is 2.41 bits per heavy atom. The topological polar surface area (TPSA) is 0 Å². The zero-order valence-corrected chi connectivity index (χ0v) is 10.3. The summed E-state index contributed by atoms with van der Waals surface area (Å²) in [5, 5.41) is 0. The molecule has 0 nitrogen and oxygen atoms in total. The summed E-state index contributed by atoms with van der Waals surface area (Å²) >= 11 is 0. The Bertz CT molecular complexity index is 456. The Hall–Kier alpha value is -1.82. The molecule has 0 spiro atoms. The summed E-state index contributed by atoms with van der Waals surface area (Å²) in [6.45, 7) is 2.20. The molecule has 0 heterocycles. The van der Waals surface area contributed by atoms with E-state index >= 15 is 0 Å². The molecular weight excluding hydrogens is 204 g/mol. The molecule has 2 rings (SSSR count). The van der Waals surface area contributed by atoms with Gasteiger partial charge in [0.15, 0.2) is 0 Å². The molecule has 1 aromatic carbocycles. The lowest BCUT2D eigenvalue weighted by atomic mass is 9.99. The van der Waals surface area contributed by atoms with Crippen molar-refractivity contribution in [1.82, 2.24) is 0 Å². The third kappa shape index (κ3) is 3.07. The fraction of sp³-hybridized carbons (Fsp3) is 0.176. The lowest BCUT2D eigenvalue weighted by molar-refractivity contribution is 0.959. The average molecular weight is 222 g/mol. The second kappa shape index (κ2) is 6.05. The lowest BCUT2D eigenvalue weighted by Crippen LogP contribution is -1.84. The van der Waals surface area contributed by atoms with Gasteiger partial charge in [-0.15, -0.1) is 0 Å². The second-order valence-electron chi connectivity index (χ2n) is 4.14. The van der Waals surface area contributed by atoms with Gasteiger partial charge < -0.3 is 0 Å². The van der Waals surface area contributed by atoms with E-state index in [9.17, 15) is 0 Å². The van der Waals surface area contributed by atoms with Crippen molar-refractivity contribution in [2.75, 3.05) is 0 Å². The van der Waals surface area contributed by atoms with Gasteiger partial charge in [-0.2, -0.15) is 0 Å². The molecule has 0 amide bonds. The molecule has 86 valence electrons. The first-order valence-electron chi connectivity index (χ1n) is 6.23. The van der Waals surface area contributed by atoms with Crippen LogP contribution in [0.5, 0.6) is 0 Å². The molecule has 0 heteroatoms. The van der Waals surface area contributed by atoms with E-state index in [-0.39, 0.29) is 0 Å². The summed E-state index contributed by atoms with van der Waals surface area (Å²) in [6.07, 6.45) is 15.3. The maximum absolute atomic E-state index is 2.26. The van der Waals surface area contributed by atoms with Crippen LogP contribution in [-0.2, 0) is 0 Å². The highest BCUT2D eigenvalue weighted by Crippen LogP contribution is 2.24. The van der Waals surface area contributed by atoms with E-state index in [0.29, 0.717) is 0 Å². The van der Waals surface area contributed by atoms with Crippen LogP contribution in [0.3, 0.4) is 0 Å². The Morgan fingerprint density at radius 1 is 1.06 bits per heavy atom. The van der Waals surface area contributed by atoms with Crippen LogP contribution >= 0.6 is 0 Å². The molecule has 0 radical (unpaired) electrons. The van der Waals surface area contributed by atoms with E-state index in [2.05, 4.69) is 73.7 Å². The fourth-order valence-corrected chi connectivity index (χ4v) is 1.90. The molecule has 0 saturated carbocycles. The van der Waals surface area contributed by atoms with E-state index in [1.807, 2.05) is 0 Å². The van der Waals surface area contributed by atoms with E-state index in [4.69, 9.17) is 0 Å². The minimum absolute atomic E-state index is 1.14. The normalized spacial score (nSPS) is 13.8. The zero-order valence-electron chi connectivity index (χ0n) is 10.3. The van der Waals surface area contributed by atoms with Crippen LogP contribution in [0, 0.1) is 0 Å². The summed E-state index contributed by atoms with van der Waals surface area (Å²) < 4.78 is 0. The van der Waals surface area contributed by atoms with Gasteiger partial charge in [0.1, 0.15) is 0 Å². The summed E-state index contributed by atoms with van der Waals surface area (Å²) in [5.74, 6) is 0. The van der Waals surface area contributed by atoms with Gasteiger partial charge in [0, 0.05) is 0 Å². The van der Waals surface area contributed by atoms with Gasteiger partial charge in [0.05, 0.1) is 0 Å². The lowest BCUT2D eigenvalue weighted by Gasteiger charge is -2.05. The van der Waals surface area contributed by atoms with Crippen molar-refractivity contribution in [3.63, 3.8) is 0 Å². The van der Waals surface area contributed by atoms with Crippen molar-refractivity contribution in [2.24, 2.45) is 0 Å². The number of hydrogen-bond donors (Lipinski definition) is 0. The Balaban J connectivity index is 2.35. The van der Waals surface area contributed by atoms with Crippen molar-refractivity contribution in [3.05, 3.63) is 77.9 Å². The van der Waals surface area contributed by atoms with Gasteiger partial charge in [-0.1, -0.05) is 80.1 Å². The average Bonchev–Trinajstić information content (AvgIpc) is 2.89. The van der Waals surface area contributed by atoms with Gasteiger partial charge in [0.2, 0.25) is 0 Å². The Labute approximate surface area is 104 Å². The summed E-state index contributed by atoms with van der Waals surface area (Å²) in [4.78, 5) is 0. The van der Waals surface area contributed by atoms with Crippen LogP contribution in [0.25, 0.3) is 5.57 Å². The minimum Gasteiger partial charge on any atom is -0.0839 e. The highest BCUT2D eigenvalue weighted by molar-refractivity contribution is 5.81. The molecule has 0 bridgehead atoms. The largest absolute Gasteiger partial charge is 0.0839 e. The summed E-state index contributed by atoms with van der Waals surface area (Å²) in [7, 11) is 0. The van der Waals surface area contributed by atoms with Crippen LogP contribution in [0.2, 0.25) is 0 Å². The number of benzene rings is 1. The van der Waals surface area contributed by atoms with Gasteiger partial charge in [-0.25, -0.2) is 0 Å². The van der Waals surface area contributed by atoms with Gasteiger partial charge in [-0.05, 0) is 23.1 Å². The fourth-order valence-electron chi connectivity index (χ4n) is 1.90. The molecule has 0 fully saturated rings. The molecule has 1 aliphatic carbocycles. The predicted octanol–water partition coefficient (Wildman–Crippen LogP) is 4.92. The molecular formula is C17H18. The van der Waals surface area contributed by atoms with E-state index < -0.39 is 0 Å². The zero-order chi connectivity index (χ0) is 11.9. The summed E-state index contributed by atoms with van der Waals surface area (Å²) in [6, 6.07) is 10.6. The van der Waals surface area contributed by atoms with Gasteiger partial charge >= 0.3 is 0 Å². The molecule has 17 heavy (non-hydrogen) atoms. The Morgan fingerprint density at radius 2 is 1.76 bits per heavy atom. The minimum atomic E-state index is 1.14. The SMILES string of the molecule is CCCC=CC(=C1C=CC=C1)c1ccccc1. The van der Waals surface area contributed by atoms with Crippen molar-refractivity contribution in [1.29, 1.82) is 0 Å². The van der Waals surface area contributed by atoms with E-state index in [1.165, 1.54) is 23.1 Å². The maximum Gasteiger partial charge on any atom is -0.0115 e. The molecule has 0 aliphatic heterocycles. The Kier molecular flexibility index (Phi) is 4.15. The molecule has 0 unspecified atom stereocenters. The molecule has 1 aliphatic rings. The van der Waals surface area contributed by atoms with Crippen LogP contribution < -0.4 is 0 Å². The highest BCUT2D eigenvalue weighted by atomic mass is 14.1. The van der Waals surface area contributed by atoms with Crippen molar-refractivity contribution in [3.8, 4) is 0 Å². The number of allylic oxidation sites excluding steroid dienone is 8. The van der Waals surface area contributed by atoms with Gasteiger partial charge in [-0.3, -0.25) is 0 Å². The maximum atomic E-state index is 2.26. The van der Waals surface area contributed by atoms with E-state index in [0.717, 1.165) is 6.42 Å². The molecule has 0 saturated heterocycles. The van der Waals surface area contributed by atoms with Crippen LogP contribution in [-0.4, -0.2) is 0 Å². The van der Waals surface area contributed by atoms with Gasteiger partial charge in [0.25, 0.3) is 0 Å².